The second kappa shape index (κ2) is 8.45. The molecule has 0 aliphatic heterocycles. The van der Waals surface area contributed by atoms with Crippen LogP contribution in [0.25, 0.3) is 11.8 Å². The van der Waals surface area contributed by atoms with Crippen LogP contribution in [-0.4, -0.2) is 34.5 Å². The summed E-state index contributed by atoms with van der Waals surface area (Å²) in [6, 6.07) is 10.00. The Morgan fingerprint density at radius 3 is 2.52 bits per heavy atom. The van der Waals surface area contributed by atoms with Crippen LogP contribution in [0.1, 0.15) is 28.1 Å². The van der Waals surface area contributed by atoms with E-state index in [-0.39, 0.29) is 15.9 Å². The summed E-state index contributed by atoms with van der Waals surface area (Å²) in [5, 5.41) is 11.6. The van der Waals surface area contributed by atoms with Crippen molar-refractivity contribution >= 4 is 38.5 Å². The van der Waals surface area contributed by atoms with Gasteiger partial charge in [-0.05, 0) is 57.0 Å². The van der Waals surface area contributed by atoms with Crippen LogP contribution in [0.2, 0.25) is 0 Å². The summed E-state index contributed by atoms with van der Waals surface area (Å²) in [7, 11) is -3.58. The summed E-state index contributed by atoms with van der Waals surface area (Å²) < 4.78 is 28.8. The molecule has 1 aromatic carbocycles. The summed E-state index contributed by atoms with van der Waals surface area (Å²) in [5.41, 5.74) is 5.78. The van der Waals surface area contributed by atoms with Gasteiger partial charge in [-0.3, -0.25) is 10.1 Å². The van der Waals surface area contributed by atoms with Crippen LogP contribution >= 0.6 is 11.5 Å². The first-order valence-electron chi connectivity index (χ1n) is 9.24. The highest BCUT2D eigenvalue weighted by Gasteiger charge is 2.18. The Bertz CT molecular complexity index is 1360. The lowest BCUT2D eigenvalue weighted by atomic mass is 10.1. The lowest BCUT2D eigenvalue weighted by Crippen LogP contribution is -2.13. The molecule has 31 heavy (non-hydrogen) atoms. The van der Waals surface area contributed by atoms with Crippen molar-refractivity contribution in [3.63, 3.8) is 0 Å². The van der Waals surface area contributed by atoms with Gasteiger partial charge in [-0.25, -0.2) is 8.42 Å². The zero-order valence-electron chi connectivity index (χ0n) is 17.7. The summed E-state index contributed by atoms with van der Waals surface area (Å²) in [6.07, 6.45) is 2.49. The average molecular weight is 456 g/mol. The van der Waals surface area contributed by atoms with E-state index in [0.29, 0.717) is 0 Å². The first-order chi connectivity index (χ1) is 14.5. The van der Waals surface area contributed by atoms with E-state index < -0.39 is 15.7 Å². The standard InChI is InChI=1S/C21H21N5O3S2/c1-12-6-7-18(13(2)8-12)26-14(3)9-16(15(26)4)10-17(11-22)19(27)23-20-24-21(25-30-20)31(5,28)29/h6-10H,1-5H3,(H,23,24,25,27). The minimum Gasteiger partial charge on any atom is -0.318 e. The van der Waals surface area contributed by atoms with Gasteiger partial charge in [0, 0.05) is 34.9 Å². The van der Waals surface area contributed by atoms with Crippen LogP contribution in [-0.2, 0) is 14.6 Å². The van der Waals surface area contributed by atoms with Gasteiger partial charge in [-0.2, -0.15) is 14.6 Å². The predicted molar refractivity (Wildman–Crippen MR) is 120 cm³/mol. The quantitative estimate of drug-likeness (QED) is 0.465. The van der Waals surface area contributed by atoms with Gasteiger partial charge in [0.05, 0.1) is 0 Å². The number of aromatic nitrogens is 3. The Morgan fingerprint density at radius 1 is 1.23 bits per heavy atom. The number of carbonyl (C=O) groups is 1. The highest BCUT2D eigenvalue weighted by molar-refractivity contribution is 7.90. The van der Waals surface area contributed by atoms with Crippen molar-refractivity contribution in [2.45, 2.75) is 32.9 Å². The number of nitrogens with one attached hydrogen (secondary N) is 1. The third-order valence-electron chi connectivity index (χ3n) is 4.69. The van der Waals surface area contributed by atoms with Crippen LogP contribution in [0.3, 0.4) is 0 Å². The second-order valence-corrected chi connectivity index (χ2v) is 9.89. The molecule has 3 aromatic rings. The van der Waals surface area contributed by atoms with E-state index >= 15 is 0 Å². The van der Waals surface area contributed by atoms with Crippen molar-refractivity contribution in [1.29, 1.82) is 5.26 Å². The van der Waals surface area contributed by atoms with Gasteiger partial charge in [0.1, 0.15) is 11.6 Å². The molecule has 0 atom stereocenters. The lowest BCUT2D eigenvalue weighted by Gasteiger charge is -2.13. The number of carbonyl (C=O) groups excluding carboxylic acids is 1. The number of benzene rings is 1. The second-order valence-electron chi connectivity index (χ2n) is 7.23. The summed E-state index contributed by atoms with van der Waals surface area (Å²) >= 11 is 0.736. The van der Waals surface area contributed by atoms with Gasteiger partial charge in [0.15, 0.2) is 0 Å². The summed E-state index contributed by atoms with van der Waals surface area (Å²) in [6.45, 7) is 7.96. The Hall–Kier alpha value is -3.29. The van der Waals surface area contributed by atoms with Crippen LogP contribution in [0.4, 0.5) is 5.13 Å². The van der Waals surface area contributed by atoms with E-state index in [9.17, 15) is 18.5 Å². The number of hydrogen-bond donors (Lipinski definition) is 1. The Balaban J connectivity index is 1.93. The zero-order chi connectivity index (χ0) is 22.9. The molecule has 2 heterocycles. The molecule has 2 aromatic heterocycles. The van der Waals surface area contributed by atoms with Crippen molar-refractivity contribution in [3.8, 4) is 11.8 Å². The molecule has 0 aliphatic rings. The lowest BCUT2D eigenvalue weighted by molar-refractivity contribution is -0.112. The molecule has 0 fully saturated rings. The van der Waals surface area contributed by atoms with Crippen molar-refractivity contribution in [1.82, 2.24) is 13.9 Å². The predicted octanol–water partition coefficient (Wildman–Crippen LogP) is 3.51. The Labute approximate surface area is 185 Å². The summed E-state index contributed by atoms with van der Waals surface area (Å²) in [4.78, 5) is 16.3. The monoisotopic (exact) mass is 455 g/mol. The molecular weight excluding hydrogens is 434 g/mol. The average Bonchev–Trinajstić information content (AvgIpc) is 3.25. The highest BCUT2D eigenvalue weighted by atomic mass is 32.2. The van der Waals surface area contributed by atoms with Gasteiger partial charge in [0.2, 0.25) is 15.0 Å². The van der Waals surface area contributed by atoms with Crippen LogP contribution in [0.5, 0.6) is 0 Å². The van der Waals surface area contributed by atoms with E-state index in [0.717, 1.165) is 46.0 Å². The molecule has 0 spiro atoms. The number of rotatable bonds is 5. The number of nitrogens with zero attached hydrogens (tertiary/aromatic N) is 4. The van der Waals surface area contributed by atoms with Gasteiger partial charge >= 0.3 is 0 Å². The maximum atomic E-state index is 12.6. The molecule has 3 rings (SSSR count). The molecule has 0 bridgehead atoms. The molecule has 10 heteroatoms. The van der Waals surface area contributed by atoms with Gasteiger partial charge < -0.3 is 4.57 Å². The molecule has 160 valence electrons. The maximum absolute atomic E-state index is 12.6. The molecular formula is C21H21N5O3S2. The fraction of sp³-hybridized carbons (Fsp3) is 0.238. The Morgan fingerprint density at radius 2 is 1.94 bits per heavy atom. The fourth-order valence-electron chi connectivity index (χ4n) is 3.24. The van der Waals surface area contributed by atoms with E-state index in [1.165, 1.54) is 11.6 Å². The minimum atomic E-state index is -3.58. The number of amides is 1. The first kappa shape index (κ1) is 22.4. The molecule has 0 aliphatic carbocycles. The van der Waals surface area contributed by atoms with Crippen LogP contribution < -0.4 is 5.32 Å². The third kappa shape index (κ3) is 4.73. The largest absolute Gasteiger partial charge is 0.318 e. The molecule has 0 unspecified atom stereocenters. The maximum Gasteiger partial charge on any atom is 0.268 e. The number of nitriles is 1. The number of hydrogen-bond acceptors (Lipinski definition) is 7. The van der Waals surface area contributed by atoms with Gasteiger partial charge in [0.25, 0.3) is 11.1 Å². The fourth-order valence-corrected chi connectivity index (χ4v) is 4.68. The number of anilines is 1. The van der Waals surface area contributed by atoms with Gasteiger partial charge in [-0.1, -0.05) is 17.7 Å². The SMILES string of the molecule is Cc1ccc(-n2c(C)cc(C=C(C#N)C(=O)Nc3nc(S(C)(=O)=O)ns3)c2C)c(C)c1. The minimum absolute atomic E-state index is 0.00679. The normalized spacial score (nSPS) is 11.9. The number of aryl methyl sites for hydroxylation is 3. The van der Waals surface area contributed by atoms with E-state index in [4.69, 9.17) is 0 Å². The van der Waals surface area contributed by atoms with Crippen molar-refractivity contribution in [2.75, 3.05) is 11.6 Å². The molecule has 0 radical (unpaired) electrons. The zero-order valence-corrected chi connectivity index (χ0v) is 19.3. The van der Waals surface area contributed by atoms with E-state index in [1.54, 1.807) is 0 Å². The van der Waals surface area contributed by atoms with E-state index in [1.807, 2.05) is 52.0 Å². The number of sulfone groups is 1. The van der Waals surface area contributed by atoms with E-state index in [2.05, 4.69) is 25.3 Å². The highest BCUT2D eigenvalue weighted by Crippen LogP contribution is 2.26. The van der Waals surface area contributed by atoms with Gasteiger partial charge in [-0.15, -0.1) is 0 Å². The smallest absolute Gasteiger partial charge is 0.268 e. The van der Waals surface area contributed by atoms with Crippen molar-refractivity contribution < 1.29 is 13.2 Å². The molecule has 1 N–H and O–H groups in total. The molecule has 8 nitrogen and oxygen atoms in total. The van der Waals surface area contributed by atoms with Crippen LogP contribution in [0.15, 0.2) is 35.0 Å². The summed E-state index contributed by atoms with van der Waals surface area (Å²) in [5.74, 6) is -0.685. The van der Waals surface area contributed by atoms with Crippen LogP contribution in [0, 0.1) is 39.0 Å². The topological polar surface area (TPSA) is 118 Å². The Kier molecular flexibility index (Phi) is 6.10. The molecule has 0 saturated carbocycles. The molecule has 0 saturated heterocycles. The van der Waals surface area contributed by atoms with Crippen molar-refractivity contribution in [2.24, 2.45) is 0 Å². The first-order valence-corrected chi connectivity index (χ1v) is 11.9. The van der Waals surface area contributed by atoms with Crippen molar-refractivity contribution in [3.05, 3.63) is 57.9 Å². The molecule has 1 amide bonds. The third-order valence-corrected chi connectivity index (χ3v) is 6.28.